The van der Waals surface area contributed by atoms with Crippen molar-refractivity contribution in [3.05, 3.63) is 28.2 Å². The second-order valence-electron chi connectivity index (χ2n) is 2.98. The molecular weight excluding hydrogens is 278 g/mol. The van der Waals surface area contributed by atoms with E-state index in [1.54, 1.807) is 0 Å². The topological polar surface area (TPSA) is 75.6 Å². The number of hydrogen-bond acceptors (Lipinski definition) is 3. The zero-order chi connectivity index (χ0) is 12.1. The molecule has 1 aromatic rings. The summed E-state index contributed by atoms with van der Waals surface area (Å²) in [5.74, 6) is -1.32. The van der Waals surface area contributed by atoms with Crippen LogP contribution >= 0.6 is 15.9 Å². The van der Waals surface area contributed by atoms with Crippen molar-refractivity contribution in [1.29, 1.82) is 0 Å². The number of benzene rings is 1. The van der Waals surface area contributed by atoms with Gasteiger partial charge < -0.3 is 15.2 Å². The molecule has 0 aliphatic carbocycles. The number of aromatic carboxylic acids is 1. The first-order valence-electron chi connectivity index (χ1n) is 4.36. The highest BCUT2D eigenvalue weighted by atomic mass is 79.9. The fraction of sp³-hybridized carbons (Fsp3) is 0.200. The molecule has 0 atom stereocenters. The molecule has 0 spiro atoms. The first-order chi connectivity index (χ1) is 7.54. The summed E-state index contributed by atoms with van der Waals surface area (Å²) in [5.41, 5.74) is 0.656. The Hall–Kier alpha value is -1.40. The van der Waals surface area contributed by atoms with Gasteiger partial charge in [-0.15, -0.1) is 0 Å². The van der Waals surface area contributed by atoms with Crippen LogP contribution in [0.2, 0.25) is 0 Å². The lowest BCUT2D eigenvalue weighted by atomic mass is 10.2. The number of nitrogens with one attached hydrogen (secondary N) is 1. The van der Waals surface area contributed by atoms with Gasteiger partial charge in [-0.1, -0.05) is 0 Å². The van der Waals surface area contributed by atoms with Crippen LogP contribution in [0, 0.1) is 0 Å². The highest BCUT2D eigenvalue weighted by Crippen LogP contribution is 2.23. The summed E-state index contributed by atoms with van der Waals surface area (Å²) in [6.45, 7) is -0.0485. The molecule has 0 radical (unpaired) electrons. The van der Waals surface area contributed by atoms with Gasteiger partial charge in [-0.05, 0) is 34.1 Å². The summed E-state index contributed by atoms with van der Waals surface area (Å²) in [6, 6.07) is 4.35. The van der Waals surface area contributed by atoms with Gasteiger partial charge in [-0.3, -0.25) is 4.79 Å². The van der Waals surface area contributed by atoms with Crippen LogP contribution in [0.3, 0.4) is 0 Å². The number of ether oxygens (including phenoxy) is 1. The number of anilines is 1. The van der Waals surface area contributed by atoms with Gasteiger partial charge in [0.05, 0.1) is 11.3 Å². The van der Waals surface area contributed by atoms with E-state index in [0.717, 1.165) is 0 Å². The van der Waals surface area contributed by atoms with Crippen LogP contribution in [-0.2, 0) is 9.53 Å². The quantitative estimate of drug-likeness (QED) is 0.884. The fourth-order valence-corrected chi connectivity index (χ4v) is 1.54. The Morgan fingerprint density at radius 3 is 2.69 bits per heavy atom. The number of amides is 1. The lowest BCUT2D eigenvalue weighted by Crippen LogP contribution is -2.17. The maximum absolute atomic E-state index is 11.2. The second-order valence-corrected chi connectivity index (χ2v) is 3.84. The Kier molecular flexibility index (Phi) is 4.45. The molecule has 0 unspecified atom stereocenters. The molecule has 0 saturated heterocycles. The van der Waals surface area contributed by atoms with E-state index in [1.165, 1.54) is 25.3 Å². The van der Waals surface area contributed by atoms with E-state index in [-0.39, 0.29) is 18.1 Å². The number of rotatable bonds is 4. The van der Waals surface area contributed by atoms with Crippen LogP contribution in [0.25, 0.3) is 0 Å². The standard InChI is InChI=1S/C10H10BrNO4/c1-16-5-9(13)12-8-3-2-6(10(14)15)4-7(8)11/h2-4H,5H2,1H3,(H,12,13)(H,14,15). The molecule has 86 valence electrons. The average Bonchev–Trinajstić information content (AvgIpc) is 2.21. The highest BCUT2D eigenvalue weighted by molar-refractivity contribution is 9.10. The van der Waals surface area contributed by atoms with Crippen LogP contribution in [0.1, 0.15) is 10.4 Å². The monoisotopic (exact) mass is 287 g/mol. The number of carbonyl (C=O) groups is 2. The average molecular weight is 288 g/mol. The van der Waals surface area contributed by atoms with Crippen LogP contribution in [0.4, 0.5) is 5.69 Å². The van der Waals surface area contributed by atoms with Crippen molar-refractivity contribution in [2.45, 2.75) is 0 Å². The maximum Gasteiger partial charge on any atom is 0.335 e. The summed E-state index contributed by atoms with van der Waals surface area (Å²) in [7, 11) is 1.42. The van der Waals surface area contributed by atoms with Crippen LogP contribution in [0.15, 0.2) is 22.7 Å². The van der Waals surface area contributed by atoms with E-state index in [9.17, 15) is 9.59 Å². The molecule has 1 aromatic carbocycles. The molecule has 6 heteroatoms. The van der Waals surface area contributed by atoms with Gasteiger partial charge in [-0.25, -0.2) is 4.79 Å². The summed E-state index contributed by atoms with van der Waals surface area (Å²) in [6.07, 6.45) is 0. The number of hydrogen-bond donors (Lipinski definition) is 2. The second kappa shape index (κ2) is 5.62. The van der Waals surface area contributed by atoms with E-state index in [2.05, 4.69) is 26.0 Å². The van der Waals surface area contributed by atoms with Gasteiger partial charge in [0.2, 0.25) is 5.91 Å². The van der Waals surface area contributed by atoms with E-state index >= 15 is 0 Å². The zero-order valence-corrected chi connectivity index (χ0v) is 10.1. The predicted molar refractivity (Wildman–Crippen MR) is 61.6 cm³/mol. The van der Waals surface area contributed by atoms with Gasteiger partial charge in [0.15, 0.2) is 0 Å². The third kappa shape index (κ3) is 3.32. The van der Waals surface area contributed by atoms with E-state index in [0.29, 0.717) is 10.2 Å². The molecule has 0 aliphatic rings. The molecule has 0 bridgehead atoms. The Morgan fingerprint density at radius 1 is 1.50 bits per heavy atom. The molecule has 0 aliphatic heterocycles. The molecule has 0 heterocycles. The Bertz CT molecular complexity index is 419. The van der Waals surface area contributed by atoms with Crippen LogP contribution < -0.4 is 5.32 Å². The van der Waals surface area contributed by atoms with Gasteiger partial charge in [-0.2, -0.15) is 0 Å². The molecule has 0 fully saturated rings. The minimum atomic E-state index is -1.02. The minimum absolute atomic E-state index is 0.0485. The first-order valence-corrected chi connectivity index (χ1v) is 5.15. The van der Waals surface area contributed by atoms with Crippen molar-refractivity contribution in [3.8, 4) is 0 Å². The summed E-state index contributed by atoms with van der Waals surface area (Å²) in [5, 5.41) is 11.3. The summed E-state index contributed by atoms with van der Waals surface area (Å²) < 4.78 is 5.17. The number of methoxy groups -OCH3 is 1. The molecule has 5 nitrogen and oxygen atoms in total. The van der Waals surface area contributed by atoms with E-state index in [4.69, 9.17) is 5.11 Å². The number of carboxylic acids is 1. The Morgan fingerprint density at radius 2 is 2.19 bits per heavy atom. The smallest absolute Gasteiger partial charge is 0.335 e. The van der Waals surface area contributed by atoms with Gasteiger partial charge in [0.1, 0.15) is 6.61 Å². The number of carboxylic acid groups (broad SMARTS) is 1. The molecule has 1 amide bonds. The fourth-order valence-electron chi connectivity index (χ4n) is 1.07. The SMILES string of the molecule is COCC(=O)Nc1ccc(C(=O)O)cc1Br. The molecule has 0 saturated carbocycles. The van der Waals surface area contributed by atoms with E-state index < -0.39 is 5.97 Å². The number of halogens is 1. The maximum atomic E-state index is 11.2. The zero-order valence-electron chi connectivity index (χ0n) is 8.49. The van der Waals surface area contributed by atoms with Crippen LogP contribution in [0.5, 0.6) is 0 Å². The molecule has 2 N–H and O–H groups in total. The normalized spacial score (nSPS) is 9.88. The van der Waals surface area contributed by atoms with E-state index in [1.807, 2.05) is 0 Å². The van der Waals surface area contributed by atoms with Gasteiger partial charge in [0.25, 0.3) is 0 Å². The minimum Gasteiger partial charge on any atom is -0.478 e. The molecular formula is C10H10BrNO4. The molecule has 16 heavy (non-hydrogen) atoms. The lowest BCUT2D eigenvalue weighted by molar-refractivity contribution is -0.119. The van der Waals surface area contributed by atoms with Crippen molar-refractivity contribution < 1.29 is 19.4 Å². The Balaban J connectivity index is 2.83. The molecule has 1 rings (SSSR count). The molecule has 0 aromatic heterocycles. The third-order valence-corrected chi connectivity index (χ3v) is 2.42. The summed E-state index contributed by atoms with van der Waals surface area (Å²) >= 11 is 3.18. The third-order valence-electron chi connectivity index (χ3n) is 1.77. The Labute approximate surface area is 101 Å². The number of carbonyl (C=O) groups excluding carboxylic acids is 1. The lowest BCUT2D eigenvalue weighted by Gasteiger charge is -2.07. The van der Waals surface area contributed by atoms with Crippen molar-refractivity contribution in [1.82, 2.24) is 0 Å². The first kappa shape index (κ1) is 12.7. The van der Waals surface area contributed by atoms with Crippen molar-refractivity contribution in [2.24, 2.45) is 0 Å². The summed E-state index contributed by atoms with van der Waals surface area (Å²) in [4.78, 5) is 21.9. The van der Waals surface area contributed by atoms with Gasteiger partial charge in [0, 0.05) is 11.6 Å². The predicted octanol–water partition coefficient (Wildman–Crippen LogP) is 1.73. The highest BCUT2D eigenvalue weighted by Gasteiger charge is 2.08. The van der Waals surface area contributed by atoms with Crippen molar-refractivity contribution >= 4 is 33.5 Å². The van der Waals surface area contributed by atoms with Crippen LogP contribution in [-0.4, -0.2) is 30.7 Å². The van der Waals surface area contributed by atoms with Crippen molar-refractivity contribution in [3.63, 3.8) is 0 Å². The van der Waals surface area contributed by atoms with Gasteiger partial charge >= 0.3 is 5.97 Å². The van der Waals surface area contributed by atoms with Crippen molar-refractivity contribution in [2.75, 3.05) is 19.0 Å². The largest absolute Gasteiger partial charge is 0.478 e.